The summed E-state index contributed by atoms with van der Waals surface area (Å²) in [5.41, 5.74) is 0.330. The molecular weight excluding hydrogens is 248 g/mol. The van der Waals surface area contributed by atoms with Gasteiger partial charge in [0.05, 0.1) is 12.2 Å². The van der Waals surface area contributed by atoms with Crippen LogP contribution in [0.2, 0.25) is 0 Å². The summed E-state index contributed by atoms with van der Waals surface area (Å²) in [5.74, 6) is 0. The van der Waals surface area contributed by atoms with Crippen molar-refractivity contribution in [1.82, 2.24) is 0 Å². The molecule has 0 aromatic rings. The van der Waals surface area contributed by atoms with Crippen LogP contribution >= 0.6 is 0 Å². The van der Waals surface area contributed by atoms with Crippen molar-refractivity contribution >= 4 is 0 Å². The first-order valence-corrected chi connectivity index (χ1v) is 9.05. The molecule has 0 spiro atoms. The van der Waals surface area contributed by atoms with Crippen LogP contribution in [0.1, 0.15) is 89.9 Å². The highest BCUT2D eigenvalue weighted by atomic mass is 16.3. The Kier molecular flexibility index (Phi) is 4.42. The van der Waals surface area contributed by atoms with Gasteiger partial charge in [0.15, 0.2) is 0 Å². The van der Waals surface area contributed by atoms with E-state index in [1.807, 2.05) is 0 Å². The predicted octanol–water partition coefficient (Wildman–Crippen LogP) is 4.18. The van der Waals surface area contributed by atoms with Crippen molar-refractivity contribution in [3.05, 3.63) is 0 Å². The molecule has 20 heavy (non-hydrogen) atoms. The lowest BCUT2D eigenvalue weighted by atomic mass is 9.62. The van der Waals surface area contributed by atoms with E-state index in [9.17, 15) is 10.2 Å². The van der Waals surface area contributed by atoms with Crippen LogP contribution in [0.25, 0.3) is 0 Å². The topological polar surface area (TPSA) is 40.5 Å². The number of aliphatic hydroxyl groups is 2. The molecule has 0 aromatic carbocycles. The molecule has 3 rings (SSSR count). The van der Waals surface area contributed by atoms with E-state index in [0.29, 0.717) is 0 Å². The van der Waals surface area contributed by atoms with E-state index >= 15 is 0 Å². The SMILES string of the molecule is O[C@H]1CC23CCCCCCCCCCC2(C1)[C@H](O)CC3. The van der Waals surface area contributed by atoms with Crippen LogP contribution in [0.4, 0.5) is 0 Å². The number of hydrogen-bond acceptors (Lipinski definition) is 2. The van der Waals surface area contributed by atoms with Crippen molar-refractivity contribution in [1.29, 1.82) is 0 Å². The molecular formula is C18H32O2. The molecule has 0 aliphatic heterocycles. The minimum absolute atomic E-state index is 0.0611. The highest BCUT2D eigenvalue weighted by molar-refractivity contribution is 5.13. The molecule has 0 heterocycles. The molecule has 0 saturated heterocycles. The molecule has 0 radical (unpaired) electrons. The van der Waals surface area contributed by atoms with Gasteiger partial charge in [0, 0.05) is 5.41 Å². The van der Waals surface area contributed by atoms with Crippen LogP contribution < -0.4 is 0 Å². The Morgan fingerprint density at radius 3 is 1.95 bits per heavy atom. The van der Waals surface area contributed by atoms with E-state index in [0.717, 1.165) is 32.1 Å². The van der Waals surface area contributed by atoms with Crippen LogP contribution in [0.5, 0.6) is 0 Å². The van der Waals surface area contributed by atoms with Gasteiger partial charge in [-0.25, -0.2) is 0 Å². The molecule has 2 nitrogen and oxygen atoms in total. The smallest absolute Gasteiger partial charge is 0.0602 e. The maximum atomic E-state index is 10.7. The lowest BCUT2D eigenvalue weighted by Gasteiger charge is -2.43. The summed E-state index contributed by atoms with van der Waals surface area (Å²) in [4.78, 5) is 0. The van der Waals surface area contributed by atoms with E-state index in [-0.39, 0.29) is 23.0 Å². The second-order valence-electron chi connectivity index (χ2n) is 7.88. The molecule has 2 heteroatoms. The maximum Gasteiger partial charge on any atom is 0.0602 e. The number of hydrogen-bond donors (Lipinski definition) is 2. The molecule has 3 aliphatic rings. The summed E-state index contributed by atoms with van der Waals surface area (Å²) in [6, 6.07) is 0. The van der Waals surface area contributed by atoms with Gasteiger partial charge in [0.25, 0.3) is 0 Å². The molecule has 3 fully saturated rings. The van der Waals surface area contributed by atoms with Crippen LogP contribution in [-0.2, 0) is 0 Å². The van der Waals surface area contributed by atoms with Crippen molar-refractivity contribution < 1.29 is 10.2 Å². The van der Waals surface area contributed by atoms with E-state index in [1.54, 1.807) is 0 Å². The third kappa shape index (κ3) is 2.43. The molecule has 0 bridgehead atoms. The summed E-state index contributed by atoms with van der Waals surface area (Å²) in [6.07, 6.45) is 16.8. The fourth-order valence-corrected chi connectivity index (χ4v) is 5.87. The van der Waals surface area contributed by atoms with Crippen molar-refractivity contribution in [3.8, 4) is 0 Å². The van der Waals surface area contributed by atoms with Crippen molar-refractivity contribution in [3.63, 3.8) is 0 Å². The van der Waals surface area contributed by atoms with Gasteiger partial charge in [0.1, 0.15) is 0 Å². The largest absolute Gasteiger partial charge is 0.393 e. The predicted molar refractivity (Wildman–Crippen MR) is 81.5 cm³/mol. The molecule has 2 unspecified atom stereocenters. The van der Waals surface area contributed by atoms with Crippen molar-refractivity contribution in [2.45, 2.75) is 102 Å². The van der Waals surface area contributed by atoms with Crippen LogP contribution in [0, 0.1) is 10.8 Å². The molecule has 3 aliphatic carbocycles. The van der Waals surface area contributed by atoms with Gasteiger partial charge >= 0.3 is 0 Å². The normalized spacial score (nSPS) is 47.1. The molecule has 4 atom stereocenters. The fraction of sp³-hybridized carbons (Fsp3) is 1.00. The van der Waals surface area contributed by atoms with Crippen LogP contribution in [0.15, 0.2) is 0 Å². The first kappa shape index (κ1) is 14.8. The van der Waals surface area contributed by atoms with Gasteiger partial charge in [-0.2, -0.15) is 0 Å². The minimum Gasteiger partial charge on any atom is -0.393 e. The Labute approximate surface area is 124 Å². The van der Waals surface area contributed by atoms with E-state index in [2.05, 4.69) is 0 Å². The zero-order valence-corrected chi connectivity index (χ0v) is 12.9. The Bertz CT molecular complexity index is 329. The Balaban J connectivity index is 1.81. The fourth-order valence-electron chi connectivity index (χ4n) is 5.87. The molecule has 116 valence electrons. The first-order valence-electron chi connectivity index (χ1n) is 9.05. The lowest BCUT2D eigenvalue weighted by Crippen LogP contribution is -2.40. The molecule has 0 amide bonds. The van der Waals surface area contributed by atoms with Gasteiger partial charge in [-0.05, 0) is 43.9 Å². The van der Waals surface area contributed by atoms with Gasteiger partial charge in [-0.3, -0.25) is 0 Å². The summed E-state index contributed by atoms with van der Waals surface area (Å²) < 4.78 is 0. The van der Waals surface area contributed by atoms with E-state index in [4.69, 9.17) is 0 Å². The zero-order valence-electron chi connectivity index (χ0n) is 12.9. The molecule has 2 N–H and O–H groups in total. The second-order valence-corrected chi connectivity index (χ2v) is 7.88. The number of aliphatic hydroxyl groups excluding tert-OH is 2. The second kappa shape index (κ2) is 5.96. The van der Waals surface area contributed by atoms with E-state index in [1.165, 1.54) is 57.8 Å². The summed E-state index contributed by atoms with van der Waals surface area (Å²) in [7, 11) is 0. The molecule has 3 saturated carbocycles. The van der Waals surface area contributed by atoms with Gasteiger partial charge in [0.2, 0.25) is 0 Å². The quantitative estimate of drug-likeness (QED) is 0.698. The molecule has 0 aromatic heterocycles. The summed E-state index contributed by atoms with van der Waals surface area (Å²) in [5, 5.41) is 21.0. The van der Waals surface area contributed by atoms with Crippen molar-refractivity contribution in [2.24, 2.45) is 10.8 Å². The van der Waals surface area contributed by atoms with E-state index < -0.39 is 0 Å². The lowest BCUT2D eigenvalue weighted by molar-refractivity contribution is -0.0213. The zero-order chi connectivity index (χ0) is 14.1. The Morgan fingerprint density at radius 1 is 0.650 bits per heavy atom. The minimum atomic E-state index is -0.157. The maximum absolute atomic E-state index is 10.7. The van der Waals surface area contributed by atoms with Crippen molar-refractivity contribution in [2.75, 3.05) is 0 Å². The third-order valence-electron chi connectivity index (χ3n) is 6.84. The average molecular weight is 280 g/mol. The highest BCUT2D eigenvalue weighted by Crippen LogP contribution is 2.67. The van der Waals surface area contributed by atoms with Gasteiger partial charge < -0.3 is 10.2 Å². The Morgan fingerprint density at radius 2 is 1.25 bits per heavy atom. The Hall–Kier alpha value is -0.0800. The first-order chi connectivity index (χ1) is 9.69. The van der Waals surface area contributed by atoms with Gasteiger partial charge in [-0.1, -0.05) is 51.4 Å². The van der Waals surface area contributed by atoms with Crippen LogP contribution in [0.3, 0.4) is 0 Å². The monoisotopic (exact) mass is 280 g/mol. The number of rotatable bonds is 0. The highest BCUT2D eigenvalue weighted by Gasteiger charge is 2.63. The summed E-state index contributed by atoms with van der Waals surface area (Å²) in [6.45, 7) is 0. The summed E-state index contributed by atoms with van der Waals surface area (Å²) >= 11 is 0. The average Bonchev–Trinajstić information content (AvgIpc) is 2.82. The third-order valence-corrected chi connectivity index (χ3v) is 6.84. The standard InChI is InChI=1S/C18H32O2/c19-15-13-17-10-7-5-3-1-2-4-6-8-11-18(17,14-15)16(20)9-12-17/h15-16,19-20H,1-14H2/t15-,16+,17?,18?/m0/s1. The van der Waals surface area contributed by atoms with Crippen LogP contribution in [-0.4, -0.2) is 22.4 Å². The van der Waals surface area contributed by atoms with Gasteiger partial charge in [-0.15, -0.1) is 0 Å².